The lowest BCUT2D eigenvalue weighted by Gasteiger charge is -2.19. The van der Waals surface area contributed by atoms with Gasteiger partial charge in [-0.3, -0.25) is 15.4 Å². The van der Waals surface area contributed by atoms with E-state index in [1.165, 1.54) is 12.1 Å². The van der Waals surface area contributed by atoms with Gasteiger partial charge in [0.25, 0.3) is 5.69 Å². The van der Waals surface area contributed by atoms with Crippen molar-refractivity contribution in [3.05, 3.63) is 51.5 Å². The Kier molecular flexibility index (Phi) is 7.42. The quantitative estimate of drug-likeness (QED) is 0.134. The number of hydrogen-bond donors (Lipinski definition) is 3. The van der Waals surface area contributed by atoms with Crippen LogP contribution in [0.15, 0.2) is 36.4 Å². The first kappa shape index (κ1) is 22.2. The van der Waals surface area contributed by atoms with Crippen molar-refractivity contribution in [1.29, 1.82) is 0 Å². The predicted molar refractivity (Wildman–Crippen MR) is 122 cm³/mol. The Morgan fingerprint density at radius 2 is 1.80 bits per heavy atom. The fraction of sp³-hybridized carbons (Fsp3) is 0.409. The van der Waals surface area contributed by atoms with Crippen molar-refractivity contribution in [2.75, 3.05) is 11.9 Å². The van der Waals surface area contributed by atoms with Crippen molar-refractivity contribution < 1.29 is 10.0 Å². The SMILES string of the molecule is CC(O)NCCCCCC(C)Nc1c2ccc(Cl)cc2nc2cc([N+](=O)[O-])ccc12. The van der Waals surface area contributed by atoms with Crippen LogP contribution >= 0.6 is 11.6 Å². The molecule has 0 amide bonds. The Morgan fingerprint density at radius 3 is 2.50 bits per heavy atom. The van der Waals surface area contributed by atoms with E-state index >= 15 is 0 Å². The summed E-state index contributed by atoms with van der Waals surface area (Å²) >= 11 is 6.15. The van der Waals surface area contributed by atoms with Crippen molar-refractivity contribution in [3.63, 3.8) is 0 Å². The number of non-ortho nitro benzene ring substituents is 1. The molecule has 1 aromatic heterocycles. The van der Waals surface area contributed by atoms with Gasteiger partial charge < -0.3 is 10.4 Å². The van der Waals surface area contributed by atoms with Gasteiger partial charge in [0.1, 0.15) is 6.23 Å². The molecular formula is C22H27ClN4O3. The second-order valence-electron chi connectivity index (χ2n) is 7.63. The molecule has 2 aromatic carbocycles. The van der Waals surface area contributed by atoms with E-state index in [1.54, 1.807) is 19.1 Å². The van der Waals surface area contributed by atoms with Gasteiger partial charge in [0.15, 0.2) is 0 Å². The Hall–Kier alpha value is -2.48. The van der Waals surface area contributed by atoms with Gasteiger partial charge >= 0.3 is 0 Å². The Balaban J connectivity index is 1.81. The molecule has 1 heterocycles. The fourth-order valence-corrected chi connectivity index (χ4v) is 3.72. The summed E-state index contributed by atoms with van der Waals surface area (Å²) in [7, 11) is 0. The summed E-state index contributed by atoms with van der Waals surface area (Å²) in [4.78, 5) is 15.4. The van der Waals surface area contributed by atoms with Crippen LogP contribution in [0, 0.1) is 10.1 Å². The molecule has 0 aliphatic carbocycles. The van der Waals surface area contributed by atoms with Crippen LogP contribution in [-0.4, -0.2) is 33.8 Å². The highest BCUT2D eigenvalue weighted by atomic mass is 35.5. The van der Waals surface area contributed by atoms with Crippen molar-refractivity contribution in [1.82, 2.24) is 10.3 Å². The number of nitro groups is 1. The van der Waals surface area contributed by atoms with Gasteiger partial charge in [-0.25, -0.2) is 4.98 Å². The lowest BCUT2D eigenvalue weighted by atomic mass is 10.0. The minimum absolute atomic E-state index is 0.0150. The van der Waals surface area contributed by atoms with Crippen molar-refractivity contribution in [2.24, 2.45) is 0 Å². The van der Waals surface area contributed by atoms with E-state index in [0.717, 1.165) is 48.7 Å². The standard InChI is InChI=1S/C22H27ClN4O3/c1-14(6-4-3-5-11-24-15(2)28)25-22-18-9-7-16(23)12-20(18)26-21-13-17(27(29)30)8-10-19(21)22/h7-10,12-15,24,28H,3-6,11H2,1-2H3,(H,25,26). The highest BCUT2D eigenvalue weighted by Crippen LogP contribution is 2.34. The average molecular weight is 431 g/mol. The van der Waals surface area contributed by atoms with Gasteiger partial charge in [-0.15, -0.1) is 0 Å². The van der Waals surface area contributed by atoms with E-state index in [1.807, 2.05) is 12.1 Å². The zero-order chi connectivity index (χ0) is 21.7. The van der Waals surface area contributed by atoms with Crippen LogP contribution in [-0.2, 0) is 0 Å². The molecule has 0 aliphatic heterocycles. The summed E-state index contributed by atoms with van der Waals surface area (Å²) in [6.07, 6.45) is 3.67. The van der Waals surface area contributed by atoms with E-state index in [4.69, 9.17) is 11.6 Å². The van der Waals surface area contributed by atoms with Crippen molar-refractivity contribution in [2.45, 2.75) is 51.8 Å². The number of pyridine rings is 1. The summed E-state index contributed by atoms with van der Waals surface area (Å²) in [5, 5.41) is 29.4. The molecule has 0 fully saturated rings. The third-order valence-electron chi connectivity index (χ3n) is 5.08. The number of rotatable bonds is 10. The summed E-state index contributed by atoms with van der Waals surface area (Å²) in [5.74, 6) is 0. The number of benzene rings is 2. The molecule has 0 bridgehead atoms. The fourth-order valence-electron chi connectivity index (χ4n) is 3.56. The van der Waals surface area contributed by atoms with Gasteiger partial charge in [-0.1, -0.05) is 24.4 Å². The topological polar surface area (TPSA) is 100 Å². The molecule has 0 saturated carbocycles. The minimum Gasteiger partial charge on any atom is -0.381 e. The van der Waals surface area contributed by atoms with E-state index in [2.05, 4.69) is 22.5 Å². The number of hydrogen-bond acceptors (Lipinski definition) is 6. The van der Waals surface area contributed by atoms with Crippen LogP contribution < -0.4 is 10.6 Å². The molecular weight excluding hydrogens is 404 g/mol. The molecule has 0 aliphatic rings. The zero-order valence-corrected chi connectivity index (χ0v) is 17.9. The molecule has 0 radical (unpaired) electrons. The van der Waals surface area contributed by atoms with Gasteiger partial charge in [-0.2, -0.15) is 0 Å². The van der Waals surface area contributed by atoms with Crippen LogP contribution in [0.1, 0.15) is 39.5 Å². The first-order valence-corrected chi connectivity index (χ1v) is 10.6. The third kappa shape index (κ3) is 5.56. The number of nitro benzene ring substituents is 1. The number of nitrogens with zero attached hydrogens (tertiary/aromatic N) is 2. The highest BCUT2D eigenvalue weighted by molar-refractivity contribution is 6.31. The molecule has 0 spiro atoms. The first-order chi connectivity index (χ1) is 14.3. The maximum Gasteiger partial charge on any atom is 0.271 e. The molecule has 3 N–H and O–H groups in total. The molecule has 7 nitrogen and oxygen atoms in total. The van der Waals surface area contributed by atoms with Crippen LogP contribution in [0.2, 0.25) is 5.02 Å². The van der Waals surface area contributed by atoms with E-state index in [-0.39, 0.29) is 11.7 Å². The summed E-state index contributed by atoms with van der Waals surface area (Å²) in [6.45, 7) is 4.66. The number of anilines is 1. The maximum absolute atomic E-state index is 11.2. The zero-order valence-electron chi connectivity index (χ0n) is 17.2. The first-order valence-electron chi connectivity index (χ1n) is 10.2. The normalized spacial score (nSPS) is 13.5. The molecule has 8 heteroatoms. The lowest BCUT2D eigenvalue weighted by Crippen LogP contribution is -2.26. The number of fused-ring (bicyclic) bond motifs is 2. The number of halogens is 1. The molecule has 2 unspecified atom stereocenters. The maximum atomic E-state index is 11.2. The van der Waals surface area contributed by atoms with Crippen LogP contribution in [0.3, 0.4) is 0 Å². The van der Waals surface area contributed by atoms with Gasteiger partial charge in [0.2, 0.25) is 0 Å². The molecule has 3 aromatic rings. The van der Waals surface area contributed by atoms with Gasteiger partial charge in [0.05, 0.1) is 21.6 Å². The highest BCUT2D eigenvalue weighted by Gasteiger charge is 2.15. The third-order valence-corrected chi connectivity index (χ3v) is 5.31. The number of unbranched alkanes of at least 4 members (excludes halogenated alkanes) is 2. The lowest BCUT2D eigenvalue weighted by molar-refractivity contribution is -0.384. The van der Waals surface area contributed by atoms with Crippen molar-refractivity contribution >= 4 is 44.8 Å². The summed E-state index contributed by atoms with van der Waals surface area (Å²) < 4.78 is 0. The molecule has 2 atom stereocenters. The van der Waals surface area contributed by atoms with E-state index in [9.17, 15) is 15.2 Å². The Labute approximate surface area is 180 Å². The molecule has 3 rings (SSSR count). The average Bonchev–Trinajstić information content (AvgIpc) is 2.69. The summed E-state index contributed by atoms with van der Waals surface area (Å²) in [6, 6.07) is 10.5. The van der Waals surface area contributed by atoms with Crippen LogP contribution in [0.25, 0.3) is 21.8 Å². The smallest absolute Gasteiger partial charge is 0.271 e. The Morgan fingerprint density at radius 1 is 1.10 bits per heavy atom. The van der Waals surface area contributed by atoms with Gasteiger partial charge in [0, 0.05) is 34.0 Å². The summed E-state index contributed by atoms with van der Waals surface area (Å²) in [5.41, 5.74) is 2.21. The van der Waals surface area contributed by atoms with E-state index in [0.29, 0.717) is 16.1 Å². The van der Waals surface area contributed by atoms with Crippen LogP contribution in [0.4, 0.5) is 11.4 Å². The largest absolute Gasteiger partial charge is 0.381 e. The minimum atomic E-state index is -0.469. The Bertz CT molecular complexity index is 1040. The number of aliphatic hydroxyl groups excluding tert-OH is 1. The second kappa shape index (κ2) is 10.0. The molecule has 160 valence electrons. The predicted octanol–water partition coefficient (Wildman–Crippen LogP) is 5.24. The molecule has 30 heavy (non-hydrogen) atoms. The monoisotopic (exact) mass is 430 g/mol. The number of aliphatic hydroxyl groups is 1. The number of aromatic nitrogens is 1. The van der Waals surface area contributed by atoms with Gasteiger partial charge in [-0.05, 0) is 57.5 Å². The van der Waals surface area contributed by atoms with Crippen LogP contribution in [0.5, 0.6) is 0 Å². The van der Waals surface area contributed by atoms with E-state index < -0.39 is 11.2 Å². The second-order valence-corrected chi connectivity index (χ2v) is 8.07. The van der Waals surface area contributed by atoms with Crippen molar-refractivity contribution in [3.8, 4) is 0 Å². The molecule has 0 saturated heterocycles. The number of nitrogens with one attached hydrogen (secondary N) is 2.